The molecule has 34 heavy (non-hydrogen) atoms. The van der Waals surface area contributed by atoms with Gasteiger partial charge in [-0.3, -0.25) is 4.79 Å². The number of hydrogen-bond donors (Lipinski definition) is 3. The molecule has 9 heteroatoms. The third-order valence-electron chi connectivity index (χ3n) is 5.52. The molecule has 1 aliphatic heterocycles. The van der Waals surface area contributed by atoms with Crippen molar-refractivity contribution in [3.05, 3.63) is 65.9 Å². The molecule has 0 atom stereocenters. The van der Waals surface area contributed by atoms with Gasteiger partial charge in [-0.25, -0.2) is 4.98 Å². The van der Waals surface area contributed by atoms with Crippen LogP contribution in [0.2, 0.25) is 0 Å². The van der Waals surface area contributed by atoms with Crippen molar-refractivity contribution in [1.82, 2.24) is 15.0 Å². The highest BCUT2D eigenvalue weighted by molar-refractivity contribution is 5.92. The minimum Gasteiger partial charge on any atom is -0.481 e. The number of aromatic nitrogens is 3. The Balaban J connectivity index is 1.59. The normalized spacial score (nSPS) is 13.2. The second-order valence-electron chi connectivity index (χ2n) is 8.30. The van der Waals surface area contributed by atoms with Gasteiger partial charge >= 0.3 is 0 Å². The molecule has 1 aliphatic rings. The maximum absolute atomic E-state index is 12.0. The van der Waals surface area contributed by atoms with E-state index in [2.05, 4.69) is 32.2 Å². The van der Waals surface area contributed by atoms with Crippen LogP contribution in [0.1, 0.15) is 16.7 Å². The molecule has 3 aromatic rings. The summed E-state index contributed by atoms with van der Waals surface area (Å²) in [5, 5.41) is 16.2. The number of allylic oxidation sites excluding steroid dienone is 1. The van der Waals surface area contributed by atoms with Gasteiger partial charge in [0.15, 0.2) is 5.78 Å². The van der Waals surface area contributed by atoms with E-state index in [0.717, 1.165) is 22.4 Å². The van der Waals surface area contributed by atoms with Crippen LogP contribution in [0.4, 0.5) is 29.0 Å². The van der Waals surface area contributed by atoms with Gasteiger partial charge in [-0.2, -0.15) is 9.97 Å². The number of ketones is 1. The summed E-state index contributed by atoms with van der Waals surface area (Å²) in [4.78, 5) is 27.4. The number of rotatable bonds is 9. The number of ether oxygens (including phenoxy) is 1. The van der Waals surface area contributed by atoms with E-state index < -0.39 is 0 Å². The highest BCUT2D eigenvalue weighted by Crippen LogP contribution is 2.29. The molecule has 0 radical (unpaired) electrons. The van der Waals surface area contributed by atoms with Crippen LogP contribution in [0.15, 0.2) is 49.2 Å². The van der Waals surface area contributed by atoms with Crippen molar-refractivity contribution in [3.63, 3.8) is 0 Å². The molecule has 2 aromatic heterocycles. The van der Waals surface area contributed by atoms with Crippen molar-refractivity contribution >= 4 is 34.7 Å². The van der Waals surface area contributed by atoms with Gasteiger partial charge in [-0.1, -0.05) is 24.3 Å². The highest BCUT2D eigenvalue weighted by Gasteiger charge is 2.26. The third kappa shape index (κ3) is 5.32. The first-order valence-corrected chi connectivity index (χ1v) is 11.0. The van der Waals surface area contributed by atoms with Crippen LogP contribution in [0.3, 0.4) is 0 Å². The van der Waals surface area contributed by atoms with Gasteiger partial charge in [-0.15, -0.1) is 0 Å². The molecule has 176 valence electrons. The minimum atomic E-state index is -0.341. The second kappa shape index (κ2) is 9.88. The summed E-state index contributed by atoms with van der Waals surface area (Å²) in [5.41, 5.74) is 4.31. The van der Waals surface area contributed by atoms with E-state index in [1.54, 1.807) is 19.4 Å². The van der Waals surface area contributed by atoms with Crippen molar-refractivity contribution in [2.45, 2.75) is 26.4 Å². The fraction of sp³-hybridized carbons (Fsp3) is 0.280. The molecular weight excluding hydrogens is 432 g/mol. The van der Waals surface area contributed by atoms with Crippen LogP contribution in [-0.4, -0.2) is 52.1 Å². The van der Waals surface area contributed by atoms with Crippen LogP contribution in [0.5, 0.6) is 5.88 Å². The van der Waals surface area contributed by atoms with E-state index in [-0.39, 0.29) is 18.3 Å². The van der Waals surface area contributed by atoms with Crippen LogP contribution in [0, 0.1) is 13.8 Å². The first-order chi connectivity index (χ1) is 16.3. The molecule has 9 nitrogen and oxygen atoms in total. The van der Waals surface area contributed by atoms with Crippen molar-refractivity contribution in [1.29, 1.82) is 0 Å². The summed E-state index contributed by atoms with van der Waals surface area (Å²) in [6.45, 7) is 8.53. The van der Waals surface area contributed by atoms with Gasteiger partial charge in [0.1, 0.15) is 11.6 Å². The largest absolute Gasteiger partial charge is 0.481 e. The van der Waals surface area contributed by atoms with Crippen molar-refractivity contribution in [2.75, 3.05) is 35.7 Å². The van der Waals surface area contributed by atoms with Gasteiger partial charge in [0, 0.05) is 54.8 Å². The number of β-amino-alcohol motifs (C(OH)–C–C–N with tert-alkyl or cyclic N) is 1. The predicted molar refractivity (Wildman–Crippen MR) is 132 cm³/mol. The van der Waals surface area contributed by atoms with E-state index in [1.165, 1.54) is 6.08 Å². The third-order valence-corrected chi connectivity index (χ3v) is 5.52. The molecule has 0 bridgehead atoms. The molecular formula is C25H28N6O3. The monoisotopic (exact) mass is 460 g/mol. The van der Waals surface area contributed by atoms with Gasteiger partial charge in [0.25, 0.3) is 0 Å². The number of methoxy groups -OCH3 is 1. The number of carbonyl (C=O) groups excluding carboxylic acids is 1. The summed E-state index contributed by atoms with van der Waals surface area (Å²) in [6, 6.07) is 9.53. The van der Waals surface area contributed by atoms with Crippen LogP contribution < -0.4 is 20.3 Å². The fourth-order valence-corrected chi connectivity index (χ4v) is 3.61. The summed E-state index contributed by atoms with van der Waals surface area (Å²) in [6.07, 6.45) is 2.98. The maximum atomic E-state index is 12.0. The summed E-state index contributed by atoms with van der Waals surface area (Å²) >= 11 is 0. The topological polar surface area (TPSA) is 112 Å². The first-order valence-electron chi connectivity index (χ1n) is 11.0. The molecule has 0 unspecified atom stereocenters. The number of anilines is 5. The molecule has 3 heterocycles. The molecule has 4 rings (SSSR count). The number of aryl methyl sites for hydroxylation is 2. The summed E-state index contributed by atoms with van der Waals surface area (Å²) in [7, 11) is 1.56. The summed E-state index contributed by atoms with van der Waals surface area (Å²) in [5.74, 6) is 2.12. The smallest absolute Gasteiger partial charge is 0.229 e. The standard InChI is InChI=1S/C25H28N6O3/c1-5-19(32)9-17-8-15(2)6-7-21(17)28-24-16(3)12-26-25(30-24)27-18-10-22(29-23(11-18)34-4)31-13-20(33)14-31/h5-8,10-12,20,33H,1,9,13-14H2,2-4H3,(H2,26,27,28,29,30). The zero-order valence-corrected chi connectivity index (χ0v) is 19.5. The Morgan fingerprint density at radius 2 is 2.03 bits per heavy atom. The van der Waals surface area contributed by atoms with Gasteiger partial charge in [0.05, 0.1) is 13.2 Å². The lowest BCUT2D eigenvalue weighted by Crippen LogP contribution is -2.51. The van der Waals surface area contributed by atoms with Crippen LogP contribution >= 0.6 is 0 Å². The van der Waals surface area contributed by atoms with Crippen molar-refractivity contribution < 1.29 is 14.6 Å². The Hall–Kier alpha value is -3.98. The second-order valence-corrected chi connectivity index (χ2v) is 8.30. The molecule has 1 saturated heterocycles. The van der Waals surface area contributed by atoms with E-state index in [4.69, 9.17) is 4.74 Å². The molecule has 0 aliphatic carbocycles. The number of nitrogens with zero attached hydrogens (tertiary/aromatic N) is 4. The molecule has 0 spiro atoms. The highest BCUT2D eigenvalue weighted by atomic mass is 16.5. The van der Waals surface area contributed by atoms with Gasteiger partial charge in [0.2, 0.25) is 11.8 Å². The lowest BCUT2D eigenvalue weighted by atomic mass is 10.0. The average Bonchev–Trinajstić information content (AvgIpc) is 2.80. The fourth-order valence-electron chi connectivity index (χ4n) is 3.61. The molecule has 0 saturated carbocycles. The molecule has 1 fully saturated rings. The predicted octanol–water partition coefficient (Wildman–Crippen LogP) is 3.46. The number of carbonyl (C=O) groups is 1. The Bertz CT molecular complexity index is 1220. The van der Waals surface area contributed by atoms with E-state index in [0.29, 0.717) is 42.2 Å². The molecule has 0 amide bonds. The number of hydrogen-bond acceptors (Lipinski definition) is 9. The van der Waals surface area contributed by atoms with Crippen molar-refractivity contribution in [2.24, 2.45) is 0 Å². The minimum absolute atomic E-state index is 0.0485. The number of aliphatic hydroxyl groups excluding tert-OH is 1. The number of pyridine rings is 1. The zero-order chi connectivity index (χ0) is 24.2. The summed E-state index contributed by atoms with van der Waals surface area (Å²) < 4.78 is 5.34. The van der Waals surface area contributed by atoms with Crippen LogP contribution in [-0.2, 0) is 11.2 Å². The van der Waals surface area contributed by atoms with Crippen molar-refractivity contribution in [3.8, 4) is 5.88 Å². The number of benzene rings is 1. The van der Waals surface area contributed by atoms with E-state index in [1.807, 2.05) is 43.0 Å². The average molecular weight is 461 g/mol. The Labute approximate surface area is 198 Å². The Morgan fingerprint density at radius 3 is 2.74 bits per heavy atom. The van der Waals surface area contributed by atoms with E-state index >= 15 is 0 Å². The van der Waals surface area contributed by atoms with Crippen LogP contribution in [0.25, 0.3) is 0 Å². The quantitative estimate of drug-likeness (QED) is 0.413. The zero-order valence-electron chi connectivity index (χ0n) is 19.5. The lowest BCUT2D eigenvalue weighted by Gasteiger charge is -2.37. The number of aliphatic hydroxyl groups is 1. The van der Waals surface area contributed by atoms with Gasteiger partial charge < -0.3 is 25.4 Å². The first kappa shape index (κ1) is 23.2. The Kier molecular flexibility index (Phi) is 6.74. The molecule has 1 aromatic carbocycles. The van der Waals surface area contributed by atoms with Gasteiger partial charge in [-0.05, 0) is 31.6 Å². The SMILES string of the molecule is C=CC(=O)Cc1cc(C)ccc1Nc1nc(Nc2cc(OC)nc(N3CC(O)C3)c2)ncc1C. The number of nitrogens with one attached hydrogen (secondary N) is 2. The van der Waals surface area contributed by atoms with E-state index in [9.17, 15) is 9.90 Å². The maximum Gasteiger partial charge on any atom is 0.229 e. The molecule has 3 N–H and O–H groups in total. The lowest BCUT2D eigenvalue weighted by molar-refractivity contribution is -0.114. The Morgan fingerprint density at radius 1 is 1.24 bits per heavy atom.